The lowest BCUT2D eigenvalue weighted by Gasteiger charge is -2.58. The zero-order valence-electron chi connectivity index (χ0n) is 25.0. The van der Waals surface area contributed by atoms with Gasteiger partial charge in [0.25, 0.3) is 0 Å². The van der Waals surface area contributed by atoms with Crippen LogP contribution >= 0.6 is 0 Å². The summed E-state index contributed by atoms with van der Waals surface area (Å²) >= 11 is 0. The smallest absolute Gasteiger partial charge is 0.339 e. The van der Waals surface area contributed by atoms with Crippen LogP contribution in [0.3, 0.4) is 0 Å². The van der Waals surface area contributed by atoms with E-state index in [9.17, 15) is 4.79 Å². The van der Waals surface area contributed by atoms with Gasteiger partial charge in [-0.15, -0.1) is 0 Å². The summed E-state index contributed by atoms with van der Waals surface area (Å²) in [5.74, 6) is 5.75. The normalized spacial score (nSPS) is 38.0. The van der Waals surface area contributed by atoms with E-state index in [1.807, 2.05) is 0 Å². The summed E-state index contributed by atoms with van der Waals surface area (Å²) in [4.78, 5) is 16.8. The number of rotatable bonds is 8. The molecule has 0 unspecified atom stereocenters. The maximum atomic E-state index is 12.7. The average molecular weight is 520 g/mol. The third kappa shape index (κ3) is 5.13. The van der Waals surface area contributed by atoms with Crippen LogP contribution in [0.5, 0.6) is 0 Å². The van der Waals surface area contributed by atoms with E-state index in [4.69, 9.17) is 4.74 Å². The van der Waals surface area contributed by atoms with Crippen molar-refractivity contribution in [2.24, 2.45) is 52.3 Å². The molecule has 0 spiro atoms. The molecule has 0 aliphatic heterocycles. The van der Waals surface area contributed by atoms with Crippen LogP contribution in [0.2, 0.25) is 0 Å². The van der Waals surface area contributed by atoms with Gasteiger partial charge in [0.15, 0.2) is 0 Å². The lowest BCUT2D eigenvalue weighted by molar-refractivity contribution is -0.0602. The highest BCUT2D eigenvalue weighted by molar-refractivity contribution is 5.89. The van der Waals surface area contributed by atoms with Crippen LogP contribution in [-0.4, -0.2) is 17.1 Å². The minimum Gasteiger partial charge on any atom is -0.458 e. The molecule has 0 amide bonds. The topological polar surface area (TPSA) is 39.2 Å². The molecule has 4 aliphatic rings. The van der Waals surface area contributed by atoms with Crippen LogP contribution in [0.25, 0.3) is 0 Å². The van der Waals surface area contributed by atoms with E-state index in [0.717, 1.165) is 60.7 Å². The number of esters is 1. The number of aromatic nitrogens is 1. The van der Waals surface area contributed by atoms with Gasteiger partial charge in [0, 0.05) is 18.8 Å². The molecule has 3 heteroatoms. The van der Waals surface area contributed by atoms with Crippen molar-refractivity contribution in [3.8, 4) is 0 Å². The predicted molar refractivity (Wildman–Crippen MR) is 156 cm³/mol. The Labute approximate surface area is 232 Å². The number of hydrogen-bond acceptors (Lipinski definition) is 3. The van der Waals surface area contributed by atoms with Gasteiger partial charge in [-0.25, -0.2) is 4.79 Å². The second-order valence-corrected chi connectivity index (χ2v) is 14.6. The van der Waals surface area contributed by atoms with Gasteiger partial charge in [-0.2, -0.15) is 0 Å². The molecule has 1 heterocycles. The van der Waals surface area contributed by atoms with Gasteiger partial charge in [0.05, 0.1) is 5.56 Å². The van der Waals surface area contributed by atoms with Crippen molar-refractivity contribution in [2.75, 3.05) is 0 Å². The number of ether oxygens (including phenoxy) is 1. The molecule has 0 bridgehead atoms. The van der Waals surface area contributed by atoms with Crippen molar-refractivity contribution in [2.45, 2.75) is 118 Å². The molecule has 3 nitrogen and oxygen atoms in total. The third-order valence-electron chi connectivity index (χ3n) is 12.1. The Bertz CT molecular complexity index is 1000. The molecule has 0 N–H and O–H groups in total. The van der Waals surface area contributed by atoms with Crippen LogP contribution in [0.4, 0.5) is 0 Å². The summed E-state index contributed by atoms with van der Waals surface area (Å²) in [6, 6.07) is 3.60. The summed E-state index contributed by atoms with van der Waals surface area (Å²) in [5, 5.41) is 0. The van der Waals surface area contributed by atoms with Gasteiger partial charge in [-0.3, -0.25) is 4.98 Å². The van der Waals surface area contributed by atoms with Crippen molar-refractivity contribution in [1.82, 2.24) is 4.98 Å². The van der Waals surface area contributed by atoms with Crippen molar-refractivity contribution >= 4 is 5.97 Å². The summed E-state index contributed by atoms with van der Waals surface area (Å²) in [7, 11) is 0. The Morgan fingerprint density at radius 1 is 1.08 bits per heavy atom. The van der Waals surface area contributed by atoms with Crippen molar-refractivity contribution in [3.05, 3.63) is 41.7 Å². The fraction of sp³-hybridized carbons (Fsp3) is 0.771. The van der Waals surface area contributed by atoms with E-state index >= 15 is 0 Å². The highest BCUT2D eigenvalue weighted by atomic mass is 16.5. The van der Waals surface area contributed by atoms with Crippen molar-refractivity contribution < 1.29 is 9.53 Å². The second kappa shape index (κ2) is 11.1. The molecule has 9 atom stereocenters. The number of fused-ring (bicyclic) bond motifs is 5. The molecule has 3 saturated carbocycles. The quantitative estimate of drug-likeness (QED) is 0.254. The van der Waals surface area contributed by atoms with Crippen LogP contribution in [0, 0.1) is 52.3 Å². The fourth-order valence-corrected chi connectivity index (χ4v) is 10.2. The number of carbonyl (C=O) groups excluding carboxylic acids is 1. The molecule has 210 valence electrons. The average Bonchev–Trinajstić information content (AvgIpc) is 3.26. The molecule has 0 radical (unpaired) electrons. The van der Waals surface area contributed by atoms with E-state index in [-0.39, 0.29) is 17.5 Å². The maximum absolute atomic E-state index is 12.7. The highest BCUT2D eigenvalue weighted by Crippen LogP contribution is 2.67. The summed E-state index contributed by atoms with van der Waals surface area (Å²) in [6.07, 6.45) is 20.1. The van der Waals surface area contributed by atoms with Crippen LogP contribution in [0.1, 0.15) is 123 Å². The largest absolute Gasteiger partial charge is 0.458 e. The standard InChI is InChI=1S/C35H53NO2/c1-7-25(19-23(2)3)20-24(4)30-12-13-31-29-11-10-27-21-28(38-33(37)26-9-8-18-36-22-26)14-16-34(27,5)32(29)15-17-35(30,31)6/h8-10,18,22-25,28-32H,7,11-17,19-21H2,1-6H3/t24-,25+,28-,29-,30-,31+,32+,34-,35+/m0/s1. The molecule has 0 aromatic carbocycles. The SMILES string of the molecule is CC[C@H](CC(C)C)C[C@H](C)[C@@H]1CC[C@@H]2[C@@H]3CC=C4C[C@@H](OC(=O)c5cccnc5)CC[C@]4(C)[C@@H]3CC[C@@]21C. The minimum absolute atomic E-state index is 0.00139. The van der Waals surface area contributed by atoms with Crippen molar-refractivity contribution in [3.63, 3.8) is 0 Å². The Hall–Kier alpha value is -1.64. The number of hydrogen-bond donors (Lipinski definition) is 0. The maximum Gasteiger partial charge on any atom is 0.339 e. The van der Waals surface area contributed by atoms with Gasteiger partial charge >= 0.3 is 5.97 Å². The second-order valence-electron chi connectivity index (χ2n) is 14.6. The van der Waals surface area contributed by atoms with E-state index in [1.165, 1.54) is 51.4 Å². The molecule has 1 aromatic rings. The first kappa shape index (κ1) is 27.9. The predicted octanol–water partition coefficient (Wildman–Crippen LogP) is 9.28. The van der Waals surface area contributed by atoms with Crippen LogP contribution in [0.15, 0.2) is 36.2 Å². The first-order chi connectivity index (χ1) is 18.2. The summed E-state index contributed by atoms with van der Waals surface area (Å²) in [5.41, 5.74) is 2.95. The number of carbonyl (C=O) groups is 1. The number of allylic oxidation sites excluding steroid dienone is 1. The van der Waals surface area contributed by atoms with Gasteiger partial charge < -0.3 is 4.74 Å². The Balaban J connectivity index is 1.26. The molecular weight excluding hydrogens is 466 g/mol. The van der Waals surface area contributed by atoms with Crippen molar-refractivity contribution in [1.29, 1.82) is 0 Å². The fourth-order valence-electron chi connectivity index (χ4n) is 10.2. The first-order valence-corrected chi connectivity index (χ1v) is 16.0. The molecule has 3 fully saturated rings. The molecule has 0 saturated heterocycles. The van der Waals surface area contributed by atoms with Crippen LogP contribution < -0.4 is 0 Å². The highest BCUT2D eigenvalue weighted by Gasteiger charge is 2.59. The number of nitrogens with zero attached hydrogens (tertiary/aromatic N) is 1. The van der Waals surface area contributed by atoms with Crippen LogP contribution in [-0.2, 0) is 4.74 Å². The van der Waals surface area contributed by atoms with Gasteiger partial charge in [-0.05, 0) is 122 Å². The molecule has 4 aliphatic carbocycles. The molecule has 38 heavy (non-hydrogen) atoms. The first-order valence-electron chi connectivity index (χ1n) is 16.0. The number of pyridine rings is 1. The van der Waals surface area contributed by atoms with E-state index < -0.39 is 0 Å². The summed E-state index contributed by atoms with van der Waals surface area (Å²) < 4.78 is 5.98. The lowest BCUT2D eigenvalue weighted by Crippen LogP contribution is -2.51. The zero-order chi connectivity index (χ0) is 27.1. The lowest BCUT2D eigenvalue weighted by atomic mass is 9.47. The van der Waals surface area contributed by atoms with Gasteiger partial charge in [0.2, 0.25) is 0 Å². The molecule has 5 rings (SSSR count). The minimum atomic E-state index is -0.223. The van der Waals surface area contributed by atoms with Gasteiger partial charge in [-0.1, -0.05) is 59.6 Å². The molecule has 1 aromatic heterocycles. The third-order valence-corrected chi connectivity index (χ3v) is 12.1. The molecular formula is C35H53NO2. The monoisotopic (exact) mass is 519 g/mol. The Morgan fingerprint density at radius 3 is 2.61 bits per heavy atom. The van der Waals surface area contributed by atoms with E-state index in [2.05, 4.69) is 52.6 Å². The van der Waals surface area contributed by atoms with E-state index in [1.54, 1.807) is 30.1 Å². The Morgan fingerprint density at radius 2 is 1.89 bits per heavy atom. The zero-order valence-corrected chi connectivity index (χ0v) is 25.0. The van der Waals surface area contributed by atoms with Gasteiger partial charge in [0.1, 0.15) is 6.10 Å². The summed E-state index contributed by atoms with van der Waals surface area (Å²) in [6.45, 7) is 15.1. The van der Waals surface area contributed by atoms with E-state index in [0.29, 0.717) is 11.0 Å². The Kier molecular flexibility index (Phi) is 8.14.